The van der Waals surface area contributed by atoms with Gasteiger partial charge < -0.3 is 16.2 Å². The van der Waals surface area contributed by atoms with Gasteiger partial charge in [0.2, 0.25) is 0 Å². The third-order valence-corrected chi connectivity index (χ3v) is 3.79. The fraction of sp³-hybridized carbons (Fsp3) is 0.111. The lowest BCUT2D eigenvalue weighted by Crippen LogP contribution is -2.04. The molecule has 0 fully saturated rings. The van der Waals surface area contributed by atoms with Gasteiger partial charge in [-0.3, -0.25) is 0 Å². The molecule has 0 aliphatic heterocycles. The van der Waals surface area contributed by atoms with Crippen molar-refractivity contribution in [1.29, 1.82) is 0 Å². The van der Waals surface area contributed by atoms with Gasteiger partial charge >= 0.3 is 5.97 Å². The number of nitrogens with two attached hydrogens (primary N) is 1. The Labute approximate surface area is 133 Å². The minimum Gasteiger partial charge on any atom is -0.478 e. The molecular weight excluding hydrogens is 290 g/mol. The van der Waals surface area contributed by atoms with E-state index >= 15 is 0 Å². The molecule has 0 atom stereocenters. The number of nitrogens with zero attached hydrogens (tertiary/aromatic N) is 1. The number of rotatable bonds is 4. The molecule has 23 heavy (non-hydrogen) atoms. The van der Waals surface area contributed by atoms with Crippen LogP contribution < -0.4 is 11.1 Å². The number of carboxylic acid groups (broad SMARTS) is 1. The van der Waals surface area contributed by atoms with Gasteiger partial charge in [0.05, 0.1) is 5.56 Å². The summed E-state index contributed by atoms with van der Waals surface area (Å²) in [5.74, 6) is -0.161. The topological polar surface area (TPSA) is 88.2 Å². The molecule has 0 saturated heterocycles. The molecule has 0 saturated carbocycles. The van der Waals surface area contributed by atoms with E-state index in [-0.39, 0.29) is 5.56 Å². The second kappa shape index (κ2) is 5.96. The van der Waals surface area contributed by atoms with E-state index in [0.29, 0.717) is 6.54 Å². The lowest BCUT2D eigenvalue weighted by atomic mass is 10.1. The minimum absolute atomic E-state index is 0.278. The smallest absolute Gasteiger partial charge is 0.335 e. The molecule has 0 unspecified atom stereocenters. The molecule has 3 aromatic rings. The van der Waals surface area contributed by atoms with Crippen molar-refractivity contribution >= 4 is 28.2 Å². The highest BCUT2D eigenvalue weighted by Gasteiger charge is 2.08. The fourth-order valence-electron chi connectivity index (χ4n) is 2.59. The van der Waals surface area contributed by atoms with Crippen molar-refractivity contribution in [3.8, 4) is 0 Å². The molecule has 5 heteroatoms. The number of fused-ring (bicyclic) bond motifs is 1. The first-order chi connectivity index (χ1) is 11.1. The summed E-state index contributed by atoms with van der Waals surface area (Å²) < 4.78 is 0. The van der Waals surface area contributed by atoms with E-state index in [4.69, 9.17) is 10.8 Å². The number of aromatic carboxylic acids is 1. The Kier molecular flexibility index (Phi) is 3.85. The molecule has 0 spiro atoms. The maximum Gasteiger partial charge on any atom is 0.335 e. The molecule has 4 N–H and O–H groups in total. The lowest BCUT2D eigenvalue weighted by molar-refractivity contribution is 0.0697. The molecule has 0 bridgehead atoms. The molecule has 0 radical (unpaired) electrons. The summed E-state index contributed by atoms with van der Waals surface area (Å²) in [6.07, 6.45) is 1.80. The van der Waals surface area contributed by atoms with Crippen LogP contribution in [-0.2, 0) is 6.54 Å². The van der Waals surface area contributed by atoms with Crippen molar-refractivity contribution in [2.24, 2.45) is 0 Å². The first-order valence-corrected chi connectivity index (χ1v) is 7.26. The predicted octanol–water partition coefficient (Wildman–Crippen LogP) is 3.44. The van der Waals surface area contributed by atoms with Gasteiger partial charge in [-0.05, 0) is 36.2 Å². The van der Waals surface area contributed by atoms with Crippen LogP contribution in [0.1, 0.15) is 21.5 Å². The van der Waals surface area contributed by atoms with Gasteiger partial charge in [-0.25, -0.2) is 9.78 Å². The van der Waals surface area contributed by atoms with E-state index in [1.54, 1.807) is 30.5 Å². The quantitative estimate of drug-likeness (QED) is 0.643. The number of hydrogen-bond donors (Lipinski definition) is 3. The molecule has 1 aromatic heterocycles. The van der Waals surface area contributed by atoms with Gasteiger partial charge in [0.15, 0.2) is 0 Å². The summed E-state index contributed by atoms with van der Waals surface area (Å²) >= 11 is 0. The Hall–Kier alpha value is -3.08. The number of nitrogens with one attached hydrogen (secondary N) is 1. The van der Waals surface area contributed by atoms with Gasteiger partial charge in [0.25, 0.3) is 0 Å². The molecule has 0 aliphatic rings. The highest BCUT2D eigenvalue weighted by molar-refractivity contribution is 6.01. The number of benzene rings is 2. The third kappa shape index (κ3) is 2.94. The molecule has 2 aromatic carbocycles. The zero-order valence-corrected chi connectivity index (χ0v) is 12.7. The predicted molar refractivity (Wildman–Crippen MR) is 91.6 cm³/mol. The van der Waals surface area contributed by atoms with Gasteiger partial charge in [0, 0.05) is 29.2 Å². The van der Waals surface area contributed by atoms with Crippen molar-refractivity contribution in [2.75, 3.05) is 11.1 Å². The van der Waals surface area contributed by atoms with Crippen LogP contribution in [0.4, 0.5) is 11.5 Å². The van der Waals surface area contributed by atoms with Gasteiger partial charge in [0.1, 0.15) is 5.82 Å². The summed E-state index contributed by atoms with van der Waals surface area (Å²) in [6.45, 7) is 2.54. The van der Waals surface area contributed by atoms with Crippen LogP contribution in [0, 0.1) is 6.92 Å². The van der Waals surface area contributed by atoms with Crippen LogP contribution in [-0.4, -0.2) is 16.1 Å². The highest BCUT2D eigenvalue weighted by Crippen LogP contribution is 2.29. The zero-order valence-electron chi connectivity index (χ0n) is 12.7. The molecule has 0 amide bonds. The van der Waals surface area contributed by atoms with Gasteiger partial charge in [-0.15, -0.1) is 0 Å². The Morgan fingerprint density at radius 3 is 2.65 bits per heavy atom. The maximum absolute atomic E-state index is 10.9. The van der Waals surface area contributed by atoms with Crippen LogP contribution in [0.3, 0.4) is 0 Å². The lowest BCUT2D eigenvalue weighted by Gasteiger charge is -2.12. The average Bonchev–Trinajstić information content (AvgIpc) is 2.54. The van der Waals surface area contributed by atoms with Crippen molar-refractivity contribution in [3.63, 3.8) is 0 Å². The number of pyridine rings is 1. The summed E-state index contributed by atoms with van der Waals surface area (Å²) in [4.78, 5) is 15.3. The molecule has 1 heterocycles. The van der Waals surface area contributed by atoms with Crippen molar-refractivity contribution in [2.45, 2.75) is 13.5 Å². The van der Waals surface area contributed by atoms with Crippen molar-refractivity contribution < 1.29 is 9.90 Å². The van der Waals surface area contributed by atoms with Crippen LogP contribution in [0.25, 0.3) is 10.8 Å². The number of hydrogen-bond acceptors (Lipinski definition) is 4. The van der Waals surface area contributed by atoms with E-state index in [9.17, 15) is 4.79 Å². The number of carbonyl (C=O) groups is 1. The summed E-state index contributed by atoms with van der Waals surface area (Å²) in [5.41, 5.74) is 9.10. The molecular formula is C18H17N3O2. The second-order valence-electron chi connectivity index (χ2n) is 5.42. The Morgan fingerprint density at radius 2 is 1.96 bits per heavy atom. The summed E-state index contributed by atoms with van der Waals surface area (Å²) in [6, 6.07) is 12.6. The molecule has 0 aliphatic carbocycles. The number of aryl methyl sites for hydroxylation is 1. The SMILES string of the molecule is Cc1cnc(NCc2ccc(C(=O)O)cc2)c2cccc(N)c12. The number of carboxylic acids is 1. The largest absolute Gasteiger partial charge is 0.478 e. The number of nitrogen functional groups attached to an aromatic ring is 1. The van der Waals surface area contributed by atoms with E-state index in [1.807, 2.05) is 25.1 Å². The number of aromatic nitrogens is 1. The van der Waals surface area contributed by atoms with Crippen molar-refractivity contribution in [3.05, 3.63) is 65.4 Å². The first kappa shape index (κ1) is 14.8. The van der Waals surface area contributed by atoms with Crippen LogP contribution in [0.2, 0.25) is 0 Å². The van der Waals surface area contributed by atoms with E-state index in [1.165, 1.54) is 0 Å². The highest BCUT2D eigenvalue weighted by atomic mass is 16.4. The zero-order chi connectivity index (χ0) is 16.4. The third-order valence-electron chi connectivity index (χ3n) is 3.79. The normalized spacial score (nSPS) is 10.7. The second-order valence-corrected chi connectivity index (χ2v) is 5.42. The van der Waals surface area contributed by atoms with Gasteiger partial charge in [-0.1, -0.05) is 24.3 Å². The average molecular weight is 307 g/mol. The monoisotopic (exact) mass is 307 g/mol. The summed E-state index contributed by atoms with van der Waals surface area (Å²) in [7, 11) is 0. The molecule has 3 rings (SSSR count). The summed E-state index contributed by atoms with van der Waals surface area (Å²) in [5, 5.41) is 14.2. The fourth-order valence-corrected chi connectivity index (χ4v) is 2.59. The molecule has 116 valence electrons. The van der Waals surface area contributed by atoms with Crippen LogP contribution >= 0.6 is 0 Å². The van der Waals surface area contributed by atoms with Crippen LogP contribution in [0.5, 0.6) is 0 Å². The Bertz CT molecular complexity index is 865. The van der Waals surface area contributed by atoms with Crippen LogP contribution in [0.15, 0.2) is 48.7 Å². The van der Waals surface area contributed by atoms with E-state index in [0.717, 1.165) is 33.4 Å². The molecule has 5 nitrogen and oxygen atoms in total. The van der Waals surface area contributed by atoms with Gasteiger partial charge in [-0.2, -0.15) is 0 Å². The maximum atomic E-state index is 10.9. The Balaban J connectivity index is 1.86. The standard InChI is InChI=1S/C18H17N3O2/c1-11-9-20-17(14-3-2-4-15(19)16(11)14)21-10-12-5-7-13(8-6-12)18(22)23/h2-9H,10,19H2,1H3,(H,20,21)(H,22,23). The first-order valence-electron chi connectivity index (χ1n) is 7.26. The van der Waals surface area contributed by atoms with Crippen molar-refractivity contribution in [1.82, 2.24) is 4.98 Å². The van der Waals surface area contributed by atoms with E-state index < -0.39 is 5.97 Å². The number of anilines is 2. The van der Waals surface area contributed by atoms with E-state index in [2.05, 4.69) is 10.3 Å². The Morgan fingerprint density at radius 1 is 1.22 bits per heavy atom. The minimum atomic E-state index is -0.925.